The van der Waals surface area contributed by atoms with Gasteiger partial charge in [-0.25, -0.2) is 4.98 Å². The molecule has 1 atom stereocenters. The van der Waals surface area contributed by atoms with E-state index in [0.29, 0.717) is 47.5 Å². The minimum atomic E-state index is -4.41. The van der Waals surface area contributed by atoms with Crippen LogP contribution in [0.5, 0.6) is 0 Å². The first kappa shape index (κ1) is 18.9. The summed E-state index contributed by atoms with van der Waals surface area (Å²) in [4.78, 5) is 19.7. The van der Waals surface area contributed by atoms with Gasteiger partial charge in [0.2, 0.25) is 0 Å². The molecule has 148 valence electrons. The molecule has 1 saturated heterocycles. The van der Waals surface area contributed by atoms with Crippen molar-refractivity contribution >= 4 is 22.2 Å². The third-order valence-electron chi connectivity index (χ3n) is 4.89. The molecule has 0 saturated carbocycles. The molecule has 4 rings (SSSR count). The fourth-order valence-electron chi connectivity index (χ4n) is 3.48. The highest BCUT2D eigenvalue weighted by atomic mass is 32.1. The smallest absolute Gasteiger partial charge is 0.384 e. The maximum absolute atomic E-state index is 13.0. The van der Waals surface area contributed by atoms with Crippen molar-refractivity contribution in [3.63, 3.8) is 0 Å². The van der Waals surface area contributed by atoms with Gasteiger partial charge >= 0.3 is 6.18 Å². The van der Waals surface area contributed by atoms with Crippen LogP contribution in [0, 0.1) is 5.92 Å². The van der Waals surface area contributed by atoms with E-state index < -0.39 is 11.7 Å². The Hall–Kier alpha value is -2.39. The maximum atomic E-state index is 13.0. The third kappa shape index (κ3) is 3.51. The predicted molar refractivity (Wildman–Crippen MR) is 99.4 cm³/mol. The van der Waals surface area contributed by atoms with Crippen molar-refractivity contribution in [2.75, 3.05) is 26.8 Å². The number of fused-ring (bicyclic) bond motifs is 1. The summed E-state index contributed by atoms with van der Waals surface area (Å²) in [5, 5.41) is 1.74. The number of thiazole rings is 1. The van der Waals surface area contributed by atoms with Crippen molar-refractivity contribution in [3.05, 3.63) is 47.1 Å². The Labute approximate surface area is 163 Å². The van der Waals surface area contributed by atoms with Crippen molar-refractivity contribution in [1.29, 1.82) is 0 Å². The van der Waals surface area contributed by atoms with E-state index in [-0.39, 0.29) is 5.91 Å². The first-order valence-corrected chi connectivity index (χ1v) is 9.67. The lowest BCUT2D eigenvalue weighted by Gasteiger charge is -2.15. The molecule has 0 aliphatic carbocycles. The van der Waals surface area contributed by atoms with E-state index in [9.17, 15) is 18.0 Å². The average Bonchev–Trinajstić information content (AvgIpc) is 3.36. The lowest BCUT2D eigenvalue weighted by Crippen LogP contribution is -2.30. The first-order valence-electron chi connectivity index (χ1n) is 8.79. The van der Waals surface area contributed by atoms with Gasteiger partial charge < -0.3 is 9.64 Å². The Morgan fingerprint density at radius 2 is 2.21 bits per heavy atom. The topological polar surface area (TPSA) is 46.8 Å². The molecule has 5 nitrogen and oxygen atoms in total. The summed E-state index contributed by atoms with van der Waals surface area (Å²) in [5.41, 5.74) is 0.527. The minimum absolute atomic E-state index is 0.0992. The lowest BCUT2D eigenvalue weighted by atomic mass is 10.1. The van der Waals surface area contributed by atoms with E-state index in [4.69, 9.17) is 4.74 Å². The van der Waals surface area contributed by atoms with Crippen molar-refractivity contribution < 1.29 is 22.7 Å². The van der Waals surface area contributed by atoms with Gasteiger partial charge in [-0.3, -0.25) is 9.20 Å². The van der Waals surface area contributed by atoms with Gasteiger partial charge in [0.05, 0.1) is 17.9 Å². The van der Waals surface area contributed by atoms with Gasteiger partial charge in [-0.15, -0.1) is 11.3 Å². The second-order valence-corrected chi connectivity index (χ2v) is 7.68. The molecular formula is C19H18F3N3O2S. The number of hydrogen-bond donors (Lipinski definition) is 0. The number of hydrogen-bond acceptors (Lipinski definition) is 4. The highest BCUT2D eigenvalue weighted by Crippen LogP contribution is 2.32. The standard InChI is InChI=1S/C19H18F3N3O2S/c1-27-10-12-5-6-24(8-12)17(26)16-11-28-18-23-15(9-25(16)18)13-3-2-4-14(7-13)19(20,21)22/h2-4,7,9,11-12H,5-6,8,10H2,1H3. The van der Waals surface area contributed by atoms with Crippen LogP contribution < -0.4 is 0 Å². The number of carbonyl (C=O) groups is 1. The van der Waals surface area contributed by atoms with Crippen LogP contribution in [0.2, 0.25) is 0 Å². The number of rotatable bonds is 4. The van der Waals surface area contributed by atoms with E-state index >= 15 is 0 Å². The van der Waals surface area contributed by atoms with Gasteiger partial charge in [-0.05, 0) is 18.6 Å². The van der Waals surface area contributed by atoms with Crippen LogP contribution in [0.15, 0.2) is 35.8 Å². The molecule has 3 aromatic rings. The number of alkyl halides is 3. The van der Waals surface area contributed by atoms with Crippen LogP contribution in [0.1, 0.15) is 22.5 Å². The second kappa shape index (κ2) is 7.21. The van der Waals surface area contributed by atoms with Crippen LogP contribution in [-0.4, -0.2) is 47.0 Å². The van der Waals surface area contributed by atoms with E-state index in [1.165, 1.54) is 17.4 Å². The van der Waals surface area contributed by atoms with Crippen molar-refractivity contribution in [2.45, 2.75) is 12.6 Å². The number of likely N-dealkylation sites (tertiary alicyclic amines) is 1. The number of imidazole rings is 1. The Morgan fingerprint density at radius 3 is 2.96 bits per heavy atom. The largest absolute Gasteiger partial charge is 0.416 e. The van der Waals surface area contributed by atoms with Gasteiger partial charge in [-0.2, -0.15) is 13.2 Å². The molecule has 2 aromatic heterocycles. The van der Waals surface area contributed by atoms with Crippen LogP contribution in [-0.2, 0) is 10.9 Å². The molecular weight excluding hydrogens is 391 g/mol. The molecule has 1 unspecified atom stereocenters. The zero-order valence-electron chi connectivity index (χ0n) is 15.1. The van der Waals surface area contributed by atoms with Gasteiger partial charge in [0.1, 0.15) is 5.69 Å². The fraction of sp³-hybridized carbons (Fsp3) is 0.368. The van der Waals surface area contributed by atoms with Crippen LogP contribution in [0.25, 0.3) is 16.2 Å². The number of amides is 1. The SMILES string of the molecule is COCC1CCN(C(=O)c2csc3nc(-c4cccc(C(F)(F)F)c4)cn23)C1. The van der Waals surface area contributed by atoms with Crippen molar-refractivity contribution in [3.8, 4) is 11.3 Å². The van der Waals surface area contributed by atoms with E-state index in [0.717, 1.165) is 18.6 Å². The molecule has 3 heterocycles. The molecule has 1 aliphatic heterocycles. The number of benzene rings is 1. The normalized spacial score (nSPS) is 17.6. The highest BCUT2D eigenvalue weighted by molar-refractivity contribution is 7.15. The Bertz CT molecular complexity index is 1010. The van der Waals surface area contributed by atoms with E-state index in [2.05, 4.69) is 4.98 Å². The number of nitrogens with zero attached hydrogens (tertiary/aromatic N) is 3. The molecule has 0 spiro atoms. The molecule has 1 aliphatic rings. The Balaban J connectivity index is 1.62. The van der Waals surface area contributed by atoms with Crippen molar-refractivity contribution in [2.24, 2.45) is 5.92 Å². The molecule has 0 bridgehead atoms. The zero-order valence-corrected chi connectivity index (χ0v) is 15.9. The molecule has 1 fully saturated rings. The summed E-state index contributed by atoms with van der Waals surface area (Å²) in [7, 11) is 1.65. The van der Waals surface area contributed by atoms with Gasteiger partial charge in [0, 0.05) is 43.3 Å². The molecule has 1 aromatic carbocycles. The fourth-order valence-corrected chi connectivity index (χ4v) is 4.33. The average molecular weight is 409 g/mol. The summed E-state index contributed by atoms with van der Waals surface area (Å²) in [5.74, 6) is 0.226. The third-order valence-corrected chi connectivity index (χ3v) is 5.73. The maximum Gasteiger partial charge on any atom is 0.416 e. The molecule has 28 heavy (non-hydrogen) atoms. The molecule has 1 amide bonds. The number of carbonyl (C=O) groups excluding carboxylic acids is 1. The summed E-state index contributed by atoms with van der Waals surface area (Å²) in [6.07, 6.45) is -1.90. The summed E-state index contributed by atoms with van der Waals surface area (Å²) >= 11 is 1.29. The number of aromatic nitrogens is 2. The Kier molecular flexibility index (Phi) is 4.88. The monoisotopic (exact) mass is 409 g/mol. The van der Waals surface area contributed by atoms with Crippen LogP contribution >= 0.6 is 11.3 Å². The van der Waals surface area contributed by atoms with Gasteiger partial charge in [-0.1, -0.05) is 12.1 Å². The molecule has 0 N–H and O–H groups in total. The van der Waals surface area contributed by atoms with Crippen LogP contribution in [0.4, 0.5) is 13.2 Å². The summed E-state index contributed by atoms with van der Waals surface area (Å²) in [6.45, 7) is 1.92. The van der Waals surface area contributed by atoms with Crippen LogP contribution in [0.3, 0.4) is 0 Å². The zero-order chi connectivity index (χ0) is 19.9. The highest BCUT2D eigenvalue weighted by Gasteiger charge is 2.31. The van der Waals surface area contributed by atoms with Crippen molar-refractivity contribution in [1.82, 2.24) is 14.3 Å². The van der Waals surface area contributed by atoms with Gasteiger partial charge in [0.25, 0.3) is 5.91 Å². The second-order valence-electron chi connectivity index (χ2n) is 6.84. The number of methoxy groups -OCH3 is 1. The summed E-state index contributed by atoms with van der Waals surface area (Å²) < 4.78 is 45.8. The molecule has 0 radical (unpaired) electrons. The molecule has 9 heteroatoms. The number of ether oxygens (including phenoxy) is 1. The lowest BCUT2D eigenvalue weighted by molar-refractivity contribution is -0.137. The number of halogens is 3. The first-order chi connectivity index (χ1) is 13.4. The van der Waals surface area contributed by atoms with Gasteiger partial charge in [0.15, 0.2) is 4.96 Å². The summed E-state index contributed by atoms with van der Waals surface area (Å²) in [6, 6.07) is 5.04. The Morgan fingerprint density at radius 1 is 1.39 bits per heavy atom. The minimum Gasteiger partial charge on any atom is -0.384 e. The van der Waals surface area contributed by atoms with E-state index in [1.54, 1.807) is 34.1 Å². The van der Waals surface area contributed by atoms with E-state index in [1.807, 2.05) is 0 Å². The quantitative estimate of drug-likeness (QED) is 0.649. The predicted octanol–water partition coefficient (Wildman–Crippen LogP) is 4.19.